The van der Waals surface area contributed by atoms with Crippen LogP contribution in [0.5, 0.6) is 17.2 Å². The zero-order valence-corrected chi connectivity index (χ0v) is 18.6. The maximum Gasteiger partial charge on any atom is 0.123 e. The van der Waals surface area contributed by atoms with E-state index in [2.05, 4.69) is 58.0 Å². The number of hydrogen-bond acceptors (Lipinski definition) is 3. The van der Waals surface area contributed by atoms with Crippen molar-refractivity contribution in [1.29, 1.82) is 0 Å². The Balaban J connectivity index is 2.68. The second-order valence-corrected chi connectivity index (χ2v) is 7.58. The van der Waals surface area contributed by atoms with Gasteiger partial charge in [0.25, 0.3) is 0 Å². The maximum absolute atomic E-state index is 5.82. The Kier molecular flexibility index (Phi) is 8.22. The molecule has 0 bridgehead atoms. The van der Waals surface area contributed by atoms with Crippen LogP contribution in [0.3, 0.4) is 0 Å². The normalized spacial score (nSPS) is 13.1. The highest BCUT2D eigenvalue weighted by Crippen LogP contribution is 2.44. The van der Waals surface area contributed by atoms with Crippen molar-refractivity contribution in [3.05, 3.63) is 52.6 Å². The fourth-order valence-electron chi connectivity index (χ4n) is 4.13. The Hall–Kier alpha value is -2.16. The predicted molar refractivity (Wildman–Crippen MR) is 117 cm³/mol. The number of hydrogen-bond donors (Lipinski definition) is 0. The lowest BCUT2D eigenvalue weighted by Gasteiger charge is -2.30. The highest BCUT2D eigenvalue weighted by Gasteiger charge is 2.28. The summed E-state index contributed by atoms with van der Waals surface area (Å²) >= 11 is 0. The van der Waals surface area contributed by atoms with Gasteiger partial charge in [0.05, 0.1) is 21.3 Å². The molecule has 2 rings (SSSR count). The Bertz CT molecular complexity index is 767. The lowest BCUT2D eigenvalue weighted by molar-refractivity contribution is 0.368. The van der Waals surface area contributed by atoms with Gasteiger partial charge in [-0.25, -0.2) is 0 Å². The van der Waals surface area contributed by atoms with Gasteiger partial charge in [-0.3, -0.25) is 0 Å². The Labute approximate surface area is 171 Å². The first-order valence-electron chi connectivity index (χ1n) is 10.4. The summed E-state index contributed by atoms with van der Waals surface area (Å²) in [6.45, 7) is 8.69. The third-order valence-electron chi connectivity index (χ3n) is 5.80. The lowest BCUT2D eigenvalue weighted by Crippen LogP contribution is -2.16. The van der Waals surface area contributed by atoms with E-state index in [1.807, 2.05) is 0 Å². The van der Waals surface area contributed by atoms with Crippen LogP contribution in [-0.4, -0.2) is 21.3 Å². The molecule has 0 saturated carbocycles. The molecule has 0 N–H and O–H groups in total. The minimum atomic E-state index is 0.232. The largest absolute Gasteiger partial charge is 0.496 e. The van der Waals surface area contributed by atoms with Crippen molar-refractivity contribution >= 4 is 0 Å². The van der Waals surface area contributed by atoms with Gasteiger partial charge in [-0.15, -0.1) is 0 Å². The molecule has 0 fully saturated rings. The van der Waals surface area contributed by atoms with Gasteiger partial charge >= 0.3 is 0 Å². The van der Waals surface area contributed by atoms with E-state index in [0.717, 1.165) is 34.8 Å². The molecule has 2 aromatic carbocycles. The van der Waals surface area contributed by atoms with Crippen LogP contribution < -0.4 is 14.2 Å². The summed E-state index contributed by atoms with van der Waals surface area (Å²) in [5.41, 5.74) is 4.71. The van der Waals surface area contributed by atoms with E-state index >= 15 is 0 Å². The summed E-state index contributed by atoms with van der Waals surface area (Å²) in [4.78, 5) is 0. The number of rotatable bonds is 10. The average molecular weight is 385 g/mol. The van der Waals surface area contributed by atoms with Crippen LogP contribution in [0.2, 0.25) is 0 Å². The molecule has 3 heteroatoms. The van der Waals surface area contributed by atoms with Crippen molar-refractivity contribution in [2.45, 2.75) is 59.3 Å². The van der Waals surface area contributed by atoms with Gasteiger partial charge in [-0.1, -0.05) is 45.2 Å². The highest BCUT2D eigenvalue weighted by molar-refractivity contribution is 5.52. The van der Waals surface area contributed by atoms with E-state index in [0.29, 0.717) is 5.92 Å². The fraction of sp³-hybridized carbons (Fsp3) is 0.520. The summed E-state index contributed by atoms with van der Waals surface area (Å²) in [5.74, 6) is 3.53. The average Bonchev–Trinajstić information content (AvgIpc) is 2.72. The van der Waals surface area contributed by atoms with Gasteiger partial charge in [0, 0.05) is 11.5 Å². The second kappa shape index (κ2) is 10.4. The number of ether oxygens (including phenoxy) is 3. The molecule has 0 aromatic heterocycles. The number of methoxy groups -OCH3 is 3. The quantitative estimate of drug-likeness (QED) is 0.457. The lowest BCUT2D eigenvalue weighted by atomic mass is 9.76. The summed E-state index contributed by atoms with van der Waals surface area (Å²) < 4.78 is 17.1. The van der Waals surface area contributed by atoms with Crippen molar-refractivity contribution < 1.29 is 14.2 Å². The standard InChI is InChI=1S/C25H36O3/c1-8-10-11-19(9-2)25(20-13-12-17(3)22(15-20)26-5)21-16-23(27-6)18(4)14-24(21)28-7/h12-16,19,25H,8-11H2,1-7H3. The Morgan fingerprint density at radius 3 is 2.00 bits per heavy atom. The molecule has 2 unspecified atom stereocenters. The van der Waals surface area contributed by atoms with E-state index in [1.165, 1.54) is 30.4 Å². The molecular weight excluding hydrogens is 348 g/mol. The first-order chi connectivity index (χ1) is 13.5. The van der Waals surface area contributed by atoms with Gasteiger partial charge in [-0.05, 0) is 61.1 Å². The van der Waals surface area contributed by atoms with Crippen molar-refractivity contribution in [3.8, 4) is 17.2 Å². The maximum atomic E-state index is 5.82. The van der Waals surface area contributed by atoms with Crippen LogP contribution in [0.15, 0.2) is 30.3 Å². The van der Waals surface area contributed by atoms with Gasteiger partial charge < -0.3 is 14.2 Å². The topological polar surface area (TPSA) is 27.7 Å². The monoisotopic (exact) mass is 384 g/mol. The molecule has 0 aliphatic heterocycles. The summed E-state index contributed by atoms with van der Waals surface area (Å²) in [6, 6.07) is 10.9. The van der Waals surface area contributed by atoms with Gasteiger partial charge in [-0.2, -0.15) is 0 Å². The first-order valence-corrected chi connectivity index (χ1v) is 10.4. The number of unbranched alkanes of at least 4 members (excludes halogenated alkanes) is 1. The summed E-state index contributed by atoms with van der Waals surface area (Å²) in [5, 5.41) is 0. The third-order valence-corrected chi connectivity index (χ3v) is 5.80. The molecule has 0 spiro atoms. The van der Waals surface area contributed by atoms with Gasteiger partial charge in [0.1, 0.15) is 17.2 Å². The van der Waals surface area contributed by atoms with E-state index in [-0.39, 0.29) is 5.92 Å². The minimum Gasteiger partial charge on any atom is -0.496 e. The molecule has 0 radical (unpaired) electrons. The van der Waals surface area contributed by atoms with Gasteiger partial charge in [0.15, 0.2) is 0 Å². The first kappa shape index (κ1) is 22.1. The molecule has 2 atom stereocenters. The third kappa shape index (κ3) is 4.81. The van der Waals surface area contributed by atoms with E-state index in [1.54, 1.807) is 21.3 Å². The highest BCUT2D eigenvalue weighted by atomic mass is 16.5. The summed E-state index contributed by atoms with van der Waals surface area (Å²) in [6.07, 6.45) is 4.73. The van der Waals surface area contributed by atoms with Crippen molar-refractivity contribution in [1.82, 2.24) is 0 Å². The van der Waals surface area contributed by atoms with Crippen molar-refractivity contribution in [2.75, 3.05) is 21.3 Å². The van der Waals surface area contributed by atoms with E-state index < -0.39 is 0 Å². The minimum absolute atomic E-state index is 0.232. The summed E-state index contributed by atoms with van der Waals surface area (Å²) in [7, 11) is 5.23. The zero-order chi connectivity index (χ0) is 20.7. The molecule has 0 aliphatic rings. The van der Waals surface area contributed by atoms with Crippen LogP contribution in [0, 0.1) is 19.8 Å². The van der Waals surface area contributed by atoms with Crippen LogP contribution >= 0.6 is 0 Å². The fourth-order valence-corrected chi connectivity index (χ4v) is 4.13. The molecule has 28 heavy (non-hydrogen) atoms. The Morgan fingerprint density at radius 1 is 0.786 bits per heavy atom. The molecule has 3 nitrogen and oxygen atoms in total. The van der Waals surface area contributed by atoms with Crippen LogP contribution in [0.25, 0.3) is 0 Å². The molecule has 2 aromatic rings. The van der Waals surface area contributed by atoms with Crippen LogP contribution in [0.1, 0.15) is 67.7 Å². The smallest absolute Gasteiger partial charge is 0.123 e. The van der Waals surface area contributed by atoms with Crippen LogP contribution in [0.4, 0.5) is 0 Å². The molecule has 154 valence electrons. The molecule has 0 aliphatic carbocycles. The predicted octanol–water partition coefficient (Wildman–Crippen LogP) is 6.68. The second-order valence-electron chi connectivity index (χ2n) is 7.58. The molecule has 0 heterocycles. The van der Waals surface area contributed by atoms with E-state index in [9.17, 15) is 0 Å². The molecular formula is C25H36O3. The van der Waals surface area contributed by atoms with Gasteiger partial charge in [0.2, 0.25) is 0 Å². The van der Waals surface area contributed by atoms with Crippen LogP contribution in [-0.2, 0) is 0 Å². The van der Waals surface area contributed by atoms with Crippen molar-refractivity contribution in [3.63, 3.8) is 0 Å². The zero-order valence-electron chi connectivity index (χ0n) is 18.6. The molecule has 0 saturated heterocycles. The number of aryl methyl sites for hydroxylation is 2. The SMILES string of the molecule is CCCCC(CC)C(c1ccc(C)c(OC)c1)c1cc(OC)c(C)cc1OC. The van der Waals surface area contributed by atoms with E-state index in [4.69, 9.17) is 14.2 Å². The van der Waals surface area contributed by atoms with Crippen molar-refractivity contribution in [2.24, 2.45) is 5.92 Å². The Morgan fingerprint density at radius 2 is 1.43 bits per heavy atom. The molecule has 0 amide bonds. The number of benzene rings is 2.